The lowest BCUT2D eigenvalue weighted by Gasteiger charge is -2.33. The molecule has 1 aromatic heterocycles. The van der Waals surface area contributed by atoms with E-state index < -0.39 is 5.60 Å². The molecule has 1 saturated heterocycles. The second-order valence-electron chi connectivity index (χ2n) is 9.55. The summed E-state index contributed by atoms with van der Waals surface area (Å²) in [5, 5.41) is 1.09. The van der Waals surface area contributed by atoms with E-state index in [9.17, 15) is 4.79 Å². The van der Waals surface area contributed by atoms with Crippen molar-refractivity contribution in [1.29, 1.82) is 0 Å². The Kier molecular flexibility index (Phi) is 6.45. The zero-order valence-electron chi connectivity index (χ0n) is 20.1. The third-order valence-electron chi connectivity index (χ3n) is 5.78. The van der Waals surface area contributed by atoms with Crippen LogP contribution in [0.25, 0.3) is 22.0 Å². The number of methoxy groups -OCH3 is 1. The molecule has 4 rings (SSSR count). The Balaban J connectivity index is 1.38. The predicted octanol–water partition coefficient (Wildman–Crippen LogP) is 6.00. The van der Waals surface area contributed by atoms with Crippen molar-refractivity contribution >= 4 is 17.0 Å². The lowest BCUT2D eigenvalue weighted by molar-refractivity contribution is 0.0126. The Hall–Kier alpha value is -3.28. The molecule has 33 heavy (non-hydrogen) atoms. The van der Waals surface area contributed by atoms with Crippen LogP contribution in [0, 0.1) is 6.92 Å². The van der Waals surface area contributed by atoms with Gasteiger partial charge < -0.3 is 19.1 Å². The fraction of sp³-hybridized carbons (Fsp3) is 0.407. The van der Waals surface area contributed by atoms with Gasteiger partial charge in [0.1, 0.15) is 23.2 Å². The van der Waals surface area contributed by atoms with Gasteiger partial charge in [-0.05, 0) is 63.1 Å². The molecule has 2 heterocycles. The summed E-state index contributed by atoms with van der Waals surface area (Å²) in [7, 11) is 1.68. The van der Waals surface area contributed by atoms with Crippen molar-refractivity contribution in [3.8, 4) is 22.6 Å². The zero-order chi connectivity index (χ0) is 23.6. The molecule has 6 heteroatoms. The standard InChI is InChI=1S/C27H32N2O4/c1-18-14-20-15-21(17-28-24(20)16-25(18)31-5)19-6-8-22(9-7-19)32-23-10-12-29(13-11-23)26(30)33-27(2,3)4/h6-9,14-17,23H,10-13H2,1-5H3. The number of likely N-dealkylation sites (tertiary alicyclic amines) is 1. The van der Waals surface area contributed by atoms with Crippen molar-refractivity contribution in [3.05, 3.63) is 54.2 Å². The van der Waals surface area contributed by atoms with Gasteiger partial charge in [-0.3, -0.25) is 4.98 Å². The molecular formula is C27H32N2O4. The van der Waals surface area contributed by atoms with Gasteiger partial charge in [0.25, 0.3) is 0 Å². The van der Waals surface area contributed by atoms with Crippen molar-refractivity contribution in [3.63, 3.8) is 0 Å². The molecule has 1 amide bonds. The number of nitrogens with zero attached hydrogens (tertiary/aromatic N) is 2. The van der Waals surface area contributed by atoms with Crippen LogP contribution in [0.5, 0.6) is 11.5 Å². The quantitative estimate of drug-likeness (QED) is 0.490. The van der Waals surface area contributed by atoms with Crippen LogP contribution in [0.15, 0.2) is 48.7 Å². The highest BCUT2D eigenvalue weighted by Crippen LogP contribution is 2.29. The minimum absolute atomic E-state index is 0.0924. The molecule has 174 valence electrons. The summed E-state index contributed by atoms with van der Waals surface area (Å²) in [6, 6.07) is 14.3. The molecule has 0 spiro atoms. The molecule has 0 atom stereocenters. The minimum Gasteiger partial charge on any atom is -0.496 e. The maximum atomic E-state index is 12.2. The first-order valence-corrected chi connectivity index (χ1v) is 11.4. The molecule has 0 aliphatic carbocycles. The molecule has 6 nitrogen and oxygen atoms in total. The first kappa shape index (κ1) is 22.9. The number of hydrogen-bond acceptors (Lipinski definition) is 5. The molecular weight excluding hydrogens is 416 g/mol. The van der Waals surface area contributed by atoms with Crippen LogP contribution < -0.4 is 9.47 Å². The summed E-state index contributed by atoms with van der Waals surface area (Å²) >= 11 is 0. The van der Waals surface area contributed by atoms with Gasteiger partial charge in [-0.15, -0.1) is 0 Å². The molecule has 0 N–H and O–H groups in total. The van der Waals surface area contributed by atoms with Crippen LogP contribution in [0.4, 0.5) is 4.79 Å². The highest BCUT2D eigenvalue weighted by Gasteiger charge is 2.27. The Bertz CT molecular complexity index is 1130. The predicted molar refractivity (Wildman–Crippen MR) is 130 cm³/mol. The van der Waals surface area contributed by atoms with Gasteiger partial charge in [-0.1, -0.05) is 12.1 Å². The van der Waals surface area contributed by atoms with Gasteiger partial charge in [0.2, 0.25) is 0 Å². The number of amides is 1. The molecule has 1 fully saturated rings. The van der Waals surface area contributed by atoms with Crippen LogP contribution in [0.1, 0.15) is 39.2 Å². The second-order valence-corrected chi connectivity index (χ2v) is 9.55. The summed E-state index contributed by atoms with van der Waals surface area (Å²) in [5.74, 6) is 1.69. The first-order valence-electron chi connectivity index (χ1n) is 11.4. The fourth-order valence-electron chi connectivity index (χ4n) is 4.05. The Morgan fingerprint density at radius 1 is 1.03 bits per heavy atom. The van der Waals surface area contributed by atoms with E-state index in [-0.39, 0.29) is 12.2 Å². The first-order chi connectivity index (χ1) is 15.7. The zero-order valence-corrected chi connectivity index (χ0v) is 20.1. The molecule has 1 aliphatic heterocycles. The highest BCUT2D eigenvalue weighted by molar-refractivity contribution is 5.85. The summed E-state index contributed by atoms with van der Waals surface area (Å²) < 4.78 is 17.0. The normalized spacial score (nSPS) is 14.9. The Labute approximate surface area is 195 Å². The second kappa shape index (κ2) is 9.30. The third-order valence-corrected chi connectivity index (χ3v) is 5.78. The number of piperidine rings is 1. The smallest absolute Gasteiger partial charge is 0.410 e. The van der Waals surface area contributed by atoms with Crippen LogP contribution in [0.2, 0.25) is 0 Å². The van der Waals surface area contributed by atoms with Crippen molar-refractivity contribution in [2.75, 3.05) is 20.2 Å². The largest absolute Gasteiger partial charge is 0.496 e. The maximum Gasteiger partial charge on any atom is 0.410 e. The Morgan fingerprint density at radius 3 is 2.36 bits per heavy atom. The van der Waals surface area contributed by atoms with E-state index >= 15 is 0 Å². The number of rotatable bonds is 4. The topological polar surface area (TPSA) is 60.9 Å². The minimum atomic E-state index is -0.474. The number of aryl methyl sites for hydroxylation is 1. The number of pyridine rings is 1. The SMILES string of the molecule is COc1cc2ncc(-c3ccc(OC4CCN(C(=O)OC(C)(C)C)CC4)cc3)cc2cc1C. The molecule has 1 aliphatic rings. The highest BCUT2D eigenvalue weighted by atomic mass is 16.6. The number of carbonyl (C=O) groups is 1. The van der Waals surface area contributed by atoms with Crippen molar-refractivity contribution in [2.24, 2.45) is 0 Å². The number of hydrogen-bond donors (Lipinski definition) is 0. The van der Waals surface area contributed by atoms with Gasteiger partial charge in [0.05, 0.1) is 12.6 Å². The lowest BCUT2D eigenvalue weighted by Crippen LogP contribution is -2.44. The number of carbonyl (C=O) groups excluding carboxylic acids is 1. The average Bonchev–Trinajstić information content (AvgIpc) is 2.78. The van der Waals surface area contributed by atoms with E-state index in [2.05, 4.69) is 29.2 Å². The monoisotopic (exact) mass is 448 g/mol. The molecule has 3 aromatic rings. The molecule has 2 aromatic carbocycles. The van der Waals surface area contributed by atoms with Gasteiger partial charge in [-0.2, -0.15) is 0 Å². The molecule has 0 bridgehead atoms. The van der Waals surface area contributed by atoms with E-state index in [0.29, 0.717) is 13.1 Å². The number of ether oxygens (including phenoxy) is 3. The maximum absolute atomic E-state index is 12.2. The average molecular weight is 449 g/mol. The number of benzene rings is 2. The summed E-state index contributed by atoms with van der Waals surface area (Å²) in [6.07, 6.45) is 3.31. The van der Waals surface area contributed by atoms with Gasteiger partial charge in [0, 0.05) is 49.1 Å². The lowest BCUT2D eigenvalue weighted by atomic mass is 10.0. The van der Waals surface area contributed by atoms with E-state index in [1.54, 1.807) is 12.0 Å². The van der Waals surface area contributed by atoms with Gasteiger partial charge in [0.15, 0.2) is 0 Å². The van der Waals surface area contributed by atoms with Crippen LogP contribution >= 0.6 is 0 Å². The van der Waals surface area contributed by atoms with E-state index in [4.69, 9.17) is 14.2 Å². The number of fused-ring (bicyclic) bond motifs is 1. The van der Waals surface area contributed by atoms with E-state index in [0.717, 1.165) is 51.9 Å². The summed E-state index contributed by atoms with van der Waals surface area (Å²) in [5.41, 5.74) is 3.68. The molecule has 0 unspecified atom stereocenters. The third kappa shape index (κ3) is 5.56. The summed E-state index contributed by atoms with van der Waals surface area (Å²) in [4.78, 5) is 18.6. The molecule has 0 saturated carbocycles. The van der Waals surface area contributed by atoms with Crippen LogP contribution in [-0.2, 0) is 4.74 Å². The summed E-state index contributed by atoms with van der Waals surface area (Å²) in [6.45, 7) is 8.98. The van der Waals surface area contributed by atoms with Gasteiger partial charge in [-0.25, -0.2) is 4.79 Å². The van der Waals surface area contributed by atoms with Gasteiger partial charge >= 0.3 is 6.09 Å². The van der Waals surface area contributed by atoms with Crippen molar-refractivity contribution in [1.82, 2.24) is 9.88 Å². The van der Waals surface area contributed by atoms with Crippen molar-refractivity contribution < 1.29 is 19.0 Å². The van der Waals surface area contributed by atoms with Crippen molar-refractivity contribution in [2.45, 2.75) is 52.2 Å². The fourth-order valence-corrected chi connectivity index (χ4v) is 4.05. The Morgan fingerprint density at radius 2 is 1.73 bits per heavy atom. The molecule has 0 radical (unpaired) electrons. The van der Waals surface area contributed by atoms with E-state index in [1.807, 2.05) is 52.1 Å². The van der Waals surface area contributed by atoms with Crippen LogP contribution in [0.3, 0.4) is 0 Å². The van der Waals surface area contributed by atoms with Crippen LogP contribution in [-0.4, -0.2) is 47.9 Å². The number of aromatic nitrogens is 1. The van der Waals surface area contributed by atoms with E-state index in [1.165, 1.54) is 0 Å².